The summed E-state index contributed by atoms with van der Waals surface area (Å²) < 4.78 is 12.1. The molecule has 1 N–H and O–H groups in total. The lowest BCUT2D eigenvalue weighted by Gasteiger charge is -2.20. The van der Waals surface area contributed by atoms with E-state index in [0.717, 1.165) is 5.56 Å². The van der Waals surface area contributed by atoms with Crippen molar-refractivity contribution in [2.45, 2.75) is 39.8 Å². The van der Waals surface area contributed by atoms with E-state index in [0.29, 0.717) is 17.9 Å². The van der Waals surface area contributed by atoms with Crippen LogP contribution >= 0.6 is 0 Å². The molecule has 1 aromatic carbocycles. The van der Waals surface area contributed by atoms with Crippen molar-refractivity contribution in [3.63, 3.8) is 0 Å². The largest absolute Gasteiger partial charge is 0.497 e. The average molecular weight is 470 g/mol. The fraction of sp³-hybridized carbons (Fsp3) is 0.440. The topological polar surface area (TPSA) is 107 Å². The van der Waals surface area contributed by atoms with Gasteiger partial charge < -0.3 is 24.3 Å². The summed E-state index contributed by atoms with van der Waals surface area (Å²) in [5.74, 6) is -0.880. The number of nitrogens with one attached hydrogen (secondary N) is 1. The van der Waals surface area contributed by atoms with Crippen LogP contribution in [0.3, 0.4) is 0 Å². The van der Waals surface area contributed by atoms with Crippen LogP contribution in [0.1, 0.15) is 41.9 Å². The number of pyridine rings is 1. The quantitative estimate of drug-likeness (QED) is 0.591. The van der Waals surface area contributed by atoms with Crippen LogP contribution in [0.2, 0.25) is 0 Å². The normalized spacial score (nSPS) is 13.9. The standard InChI is InChI=1S/C25H31N3O6/c1-5-16(2)23(30)25(32)27-10-9-19-22(20(34-4)14-21(29)28(19)12-11-27)24(31)26-15-17-7-6-8-18(13-17)33-3/h6-8,13-14,16H,5,9-12,15H2,1-4H3,(H,26,31). The summed E-state index contributed by atoms with van der Waals surface area (Å²) in [5, 5.41) is 2.88. The number of carbonyl (C=O) groups excluding carboxylic acids is 3. The Bertz CT molecular complexity index is 1140. The van der Waals surface area contributed by atoms with Gasteiger partial charge in [0.2, 0.25) is 5.78 Å². The lowest BCUT2D eigenvalue weighted by atomic mass is 10.0. The van der Waals surface area contributed by atoms with E-state index in [9.17, 15) is 19.2 Å². The first-order chi connectivity index (χ1) is 16.3. The van der Waals surface area contributed by atoms with Gasteiger partial charge in [-0.15, -0.1) is 0 Å². The van der Waals surface area contributed by atoms with Gasteiger partial charge in [0.15, 0.2) is 0 Å². The van der Waals surface area contributed by atoms with E-state index >= 15 is 0 Å². The molecule has 182 valence electrons. The van der Waals surface area contributed by atoms with E-state index in [1.807, 2.05) is 31.2 Å². The molecule has 2 amide bonds. The summed E-state index contributed by atoms with van der Waals surface area (Å²) >= 11 is 0. The molecule has 3 rings (SSSR count). The van der Waals surface area contributed by atoms with Gasteiger partial charge in [-0.3, -0.25) is 19.2 Å². The van der Waals surface area contributed by atoms with Gasteiger partial charge in [0.05, 0.1) is 14.2 Å². The van der Waals surface area contributed by atoms with Crippen molar-refractivity contribution in [1.82, 2.24) is 14.8 Å². The third-order valence-corrected chi connectivity index (χ3v) is 6.19. The molecule has 0 aliphatic carbocycles. The molecule has 0 radical (unpaired) electrons. The van der Waals surface area contributed by atoms with E-state index in [2.05, 4.69) is 5.32 Å². The molecule has 2 heterocycles. The van der Waals surface area contributed by atoms with Crippen molar-refractivity contribution in [3.05, 3.63) is 57.5 Å². The summed E-state index contributed by atoms with van der Waals surface area (Å²) in [4.78, 5) is 52.6. The molecule has 1 aliphatic rings. The SMILES string of the molecule is CCC(C)C(=O)C(=O)N1CCc2c(C(=O)NCc3cccc(OC)c3)c(OC)cc(=O)n2CC1. The van der Waals surface area contributed by atoms with Crippen molar-refractivity contribution in [2.75, 3.05) is 27.3 Å². The van der Waals surface area contributed by atoms with Crippen LogP contribution in [-0.4, -0.2) is 54.4 Å². The van der Waals surface area contributed by atoms with Crippen LogP contribution in [0.5, 0.6) is 11.5 Å². The van der Waals surface area contributed by atoms with Gasteiger partial charge in [0.1, 0.15) is 17.1 Å². The highest BCUT2D eigenvalue weighted by atomic mass is 16.5. The highest BCUT2D eigenvalue weighted by molar-refractivity contribution is 6.36. The van der Waals surface area contributed by atoms with E-state index in [-0.39, 0.29) is 61.3 Å². The Balaban J connectivity index is 1.86. The molecule has 9 heteroatoms. The first-order valence-corrected chi connectivity index (χ1v) is 11.4. The second-order valence-corrected chi connectivity index (χ2v) is 8.27. The number of hydrogen-bond donors (Lipinski definition) is 1. The van der Waals surface area contributed by atoms with Crippen LogP contribution in [0.25, 0.3) is 0 Å². The number of carbonyl (C=O) groups is 3. The van der Waals surface area contributed by atoms with Crippen LogP contribution in [-0.2, 0) is 29.1 Å². The Kier molecular flexibility index (Phi) is 8.09. The summed E-state index contributed by atoms with van der Waals surface area (Å²) in [5.41, 5.74) is 1.27. The van der Waals surface area contributed by atoms with Crippen LogP contribution < -0.4 is 20.3 Å². The van der Waals surface area contributed by atoms with E-state index in [1.165, 1.54) is 22.6 Å². The van der Waals surface area contributed by atoms with Gasteiger partial charge in [0.25, 0.3) is 17.4 Å². The van der Waals surface area contributed by atoms with Crippen molar-refractivity contribution in [3.8, 4) is 11.5 Å². The first kappa shape index (κ1) is 25.0. The maximum atomic E-state index is 13.2. The average Bonchev–Trinajstić information content (AvgIpc) is 3.09. The van der Waals surface area contributed by atoms with E-state index in [4.69, 9.17) is 9.47 Å². The number of benzene rings is 1. The zero-order valence-corrected chi connectivity index (χ0v) is 20.1. The molecular weight excluding hydrogens is 438 g/mol. The first-order valence-electron chi connectivity index (χ1n) is 11.4. The minimum absolute atomic E-state index is 0.176. The fourth-order valence-corrected chi connectivity index (χ4v) is 3.96. The zero-order valence-electron chi connectivity index (χ0n) is 20.1. The maximum Gasteiger partial charge on any atom is 0.290 e. The lowest BCUT2D eigenvalue weighted by Crippen LogP contribution is -2.40. The van der Waals surface area contributed by atoms with Crippen LogP contribution in [0.15, 0.2) is 35.1 Å². The molecular formula is C25H31N3O6. The van der Waals surface area contributed by atoms with Gasteiger partial charge in [0, 0.05) is 50.3 Å². The highest BCUT2D eigenvalue weighted by Gasteiger charge is 2.30. The third-order valence-electron chi connectivity index (χ3n) is 6.19. The molecule has 1 atom stereocenters. The molecule has 9 nitrogen and oxygen atoms in total. The number of methoxy groups -OCH3 is 2. The highest BCUT2D eigenvalue weighted by Crippen LogP contribution is 2.23. The number of ether oxygens (including phenoxy) is 2. The smallest absolute Gasteiger partial charge is 0.290 e. The number of hydrogen-bond acceptors (Lipinski definition) is 6. The van der Waals surface area contributed by atoms with E-state index < -0.39 is 11.7 Å². The van der Waals surface area contributed by atoms with Crippen molar-refractivity contribution < 1.29 is 23.9 Å². The number of rotatable bonds is 8. The Labute approximate surface area is 198 Å². The summed E-state index contributed by atoms with van der Waals surface area (Å²) in [7, 11) is 2.98. The number of aromatic nitrogens is 1. The van der Waals surface area contributed by atoms with Crippen molar-refractivity contribution in [2.24, 2.45) is 5.92 Å². The predicted octanol–water partition coefficient (Wildman–Crippen LogP) is 1.80. The van der Waals surface area contributed by atoms with Gasteiger partial charge in [-0.05, 0) is 24.1 Å². The second kappa shape index (κ2) is 11.0. The second-order valence-electron chi connectivity index (χ2n) is 8.27. The Morgan fingerprint density at radius 1 is 1.09 bits per heavy atom. The minimum Gasteiger partial charge on any atom is -0.497 e. The molecule has 34 heavy (non-hydrogen) atoms. The number of nitrogens with zero attached hydrogens (tertiary/aromatic N) is 2. The summed E-state index contributed by atoms with van der Waals surface area (Å²) in [6, 6.07) is 8.63. The molecule has 1 aliphatic heterocycles. The van der Waals surface area contributed by atoms with Crippen LogP contribution in [0, 0.1) is 5.92 Å². The third kappa shape index (κ3) is 5.30. The van der Waals surface area contributed by atoms with Crippen molar-refractivity contribution in [1.29, 1.82) is 0 Å². The number of ketones is 1. The van der Waals surface area contributed by atoms with Crippen molar-refractivity contribution >= 4 is 17.6 Å². The van der Waals surface area contributed by atoms with Gasteiger partial charge in [-0.25, -0.2) is 0 Å². The molecule has 0 saturated heterocycles. The number of amides is 2. The summed E-state index contributed by atoms with van der Waals surface area (Å²) in [6.45, 7) is 4.47. The molecule has 2 aromatic rings. The van der Waals surface area contributed by atoms with Crippen LogP contribution in [0.4, 0.5) is 0 Å². The fourth-order valence-electron chi connectivity index (χ4n) is 3.96. The molecule has 0 spiro atoms. The lowest BCUT2D eigenvalue weighted by molar-refractivity contribution is -0.146. The zero-order chi connectivity index (χ0) is 24.8. The predicted molar refractivity (Wildman–Crippen MR) is 126 cm³/mol. The minimum atomic E-state index is -0.550. The molecule has 0 bridgehead atoms. The maximum absolute atomic E-state index is 13.2. The Morgan fingerprint density at radius 3 is 2.53 bits per heavy atom. The van der Waals surface area contributed by atoms with E-state index in [1.54, 1.807) is 14.0 Å². The Hall–Kier alpha value is -3.62. The molecule has 0 fully saturated rings. The molecule has 1 unspecified atom stereocenters. The monoisotopic (exact) mass is 469 g/mol. The number of fused-ring (bicyclic) bond motifs is 1. The molecule has 0 saturated carbocycles. The molecule has 1 aromatic heterocycles. The number of Topliss-reactive ketones (excluding diaryl/α,β-unsaturated/α-hetero) is 1. The van der Waals surface area contributed by atoms with Gasteiger partial charge >= 0.3 is 0 Å². The Morgan fingerprint density at radius 2 is 1.85 bits per heavy atom. The van der Waals surface area contributed by atoms with Gasteiger partial charge in [-0.2, -0.15) is 0 Å². The summed E-state index contributed by atoms with van der Waals surface area (Å²) in [6.07, 6.45) is 0.820. The van der Waals surface area contributed by atoms with Gasteiger partial charge in [-0.1, -0.05) is 26.0 Å².